The molecule has 0 spiro atoms. The lowest BCUT2D eigenvalue weighted by Crippen LogP contribution is -2.36. The van der Waals surface area contributed by atoms with Crippen LogP contribution in [0.1, 0.15) is 21.8 Å². The summed E-state index contributed by atoms with van der Waals surface area (Å²) in [6, 6.07) is 18.6. The number of hydrogen-bond acceptors (Lipinski definition) is 4. The zero-order chi connectivity index (χ0) is 19.8. The van der Waals surface area contributed by atoms with Gasteiger partial charge in [0.1, 0.15) is 17.1 Å². The van der Waals surface area contributed by atoms with Crippen LogP contribution in [0.4, 0.5) is 0 Å². The fourth-order valence-corrected chi connectivity index (χ4v) is 3.79. The molecule has 0 unspecified atom stereocenters. The number of benzene rings is 2. The second-order valence-corrected chi connectivity index (χ2v) is 7.24. The summed E-state index contributed by atoms with van der Waals surface area (Å²) < 4.78 is 7.34. The zero-order valence-electron chi connectivity index (χ0n) is 16.1. The van der Waals surface area contributed by atoms with Gasteiger partial charge < -0.3 is 14.0 Å². The van der Waals surface area contributed by atoms with Gasteiger partial charge in [-0.2, -0.15) is 0 Å². The minimum Gasteiger partial charge on any atom is -0.360 e. The first-order valence-electron chi connectivity index (χ1n) is 9.59. The highest BCUT2D eigenvalue weighted by Gasteiger charge is 2.29. The van der Waals surface area contributed by atoms with Crippen molar-refractivity contribution in [2.75, 3.05) is 6.54 Å². The van der Waals surface area contributed by atoms with E-state index in [4.69, 9.17) is 4.52 Å². The van der Waals surface area contributed by atoms with Gasteiger partial charge in [-0.15, -0.1) is 0 Å². The Labute approximate surface area is 168 Å². The second-order valence-electron chi connectivity index (χ2n) is 7.24. The van der Waals surface area contributed by atoms with Crippen LogP contribution in [0.25, 0.3) is 22.4 Å². The molecule has 6 nitrogen and oxygen atoms in total. The van der Waals surface area contributed by atoms with Gasteiger partial charge in [0.15, 0.2) is 0 Å². The van der Waals surface area contributed by atoms with E-state index in [-0.39, 0.29) is 5.91 Å². The van der Waals surface area contributed by atoms with Crippen LogP contribution in [0.15, 0.2) is 71.6 Å². The summed E-state index contributed by atoms with van der Waals surface area (Å²) in [5, 5.41) is 4.31. The van der Waals surface area contributed by atoms with E-state index in [1.54, 1.807) is 17.1 Å². The predicted molar refractivity (Wildman–Crippen MR) is 109 cm³/mol. The molecule has 29 heavy (non-hydrogen) atoms. The molecule has 0 fully saturated rings. The molecule has 0 bridgehead atoms. The van der Waals surface area contributed by atoms with Crippen LogP contribution in [0.5, 0.6) is 0 Å². The molecule has 0 saturated heterocycles. The van der Waals surface area contributed by atoms with E-state index >= 15 is 0 Å². The first-order chi connectivity index (χ1) is 14.2. The van der Waals surface area contributed by atoms with Gasteiger partial charge in [0, 0.05) is 31.1 Å². The molecule has 4 aromatic rings. The molecule has 144 valence electrons. The van der Waals surface area contributed by atoms with Crippen LogP contribution in [0, 0.1) is 0 Å². The highest BCUT2D eigenvalue weighted by molar-refractivity contribution is 5.92. The molecule has 6 heteroatoms. The molecular formula is C23H20N4O2. The number of nitrogens with zero attached hydrogens (tertiary/aromatic N) is 4. The van der Waals surface area contributed by atoms with Crippen molar-refractivity contribution in [3.8, 4) is 22.4 Å². The normalized spacial score (nSPS) is 13.3. The smallest absolute Gasteiger partial charge is 0.272 e. The highest BCUT2D eigenvalue weighted by Crippen LogP contribution is 2.31. The first kappa shape index (κ1) is 17.4. The number of fused-ring (bicyclic) bond motifs is 1. The Morgan fingerprint density at radius 2 is 1.72 bits per heavy atom. The molecule has 3 heterocycles. The summed E-state index contributed by atoms with van der Waals surface area (Å²) in [6.45, 7) is 1.09. The minimum atomic E-state index is -0.0257. The number of aryl methyl sites for hydroxylation is 1. The SMILES string of the molecule is Cn1cncc1C(=O)N1CCc2onc(-c3ccc(-c4ccccc4)cc3)c2C1. The molecule has 0 radical (unpaired) electrons. The van der Waals surface area contributed by atoms with Gasteiger partial charge in [0.05, 0.1) is 19.1 Å². The molecule has 2 aromatic carbocycles. The molecule has 1 amide bonds. The van der Waals surface area contributed by atoms with Crippen molar-refractivity contribution in [2.45, 2.75) is 13.0 Å². The molecule has 2 aromatic heterocycles. The van der Waals surface area contributed by atoms with Gasteiger partial charge in [-0.05, 0) is 11.1 Å². The fourth-order valence-electron chi connectivity index (χ4n) is 3.79. The van der Waals surface area contributed by atoms with Gasteiger partial charge in [-0.1, -0.05) is 59.8 Å². The fraction of sp³-hybridized carbons (Fsp3) is 0.174. The Morgan fingerprint density at radius 1 is 1.00 bits per heavy atom. The molecule has 5 rings (SSSR count). The maximum atomic E-state index is 12.9. The number of carbonyl (C=O) groups is 1. The summed E-state index contributed by atoms with van der Waals surface area (Å²) in [4.78, 5) is 18.8. The van der Waals surface area contributed by atoms with E-state index in [2.05, 4.69) is 46.5 Å². The van der Waals surface area contributed by atoms with Crippen molar-refractivity contribution in [1.29, 1.82) is 0 Å². The van der Waals surface area contributed by atoms with E-state index in [1.807, 2.05) is 30.1 Å². The summed E-state index contributed by atoms with van der Waals surface area (Å²) in [5.41, 5.74) is 5.69. The number of imidazole rings is 1. The van der Waals surface area contributed by atoms with Crippen LogP contribution in [-0.2, 0) is 20.0 Å². The molecule has 0 N–H and O–H groups in total. The topological polar surface area (TPSA) is 64.2 Å². The Bertz CT molecular complexity index is 1160. The maximum Gasteiger partial charge on any atom is 0.272 e. The number of hydrogen-bond donors (Lipinski definition) is 0. The third-order valence-corrected chi connectivity index (χ3v) is 5.42. The molecule has 0 atom stereocenters. The average Bonchev–Trinajstić information content (AvgIpc) is 3.39. The molecule has 1 aliphatic rings. The van der Waals surface area contributed by atoms with E-state index < -0.39 is 0 Å². The Hall–Kier alpha value is -3.67. The van der Waals surface area contributed by atoms with Crippen molar-refractivity contribution >= 4 is 5.91 Å². The van der Waals surface area contributed by atoms with Crippen LogP contribution < -0.4 is 0 Å². The molecule has 0 aliphatic carbocycles. The third kappa shape index (κ3) is 3.12. The standard InChI is InChI=1S/C23H20N4O2/c1-26-15-24-13-20(26)23(28)27-12-11-21-19(14-27)22(25-29-21)18-9-7-17(8-10-18)16-5-3-2-4-6-16/h2-10,13,15H,11-12,14H2,1H3. The van der Waals surface area contributed by atoms with Crippen LogP contribution in [0.3, 0.4) is 0 Å². The van der Waals surface area contributed by atoms with E-state index in [0.29, 0.717) is 25.2 Å². The van der Waals surface area contributed by atoms with Gasteiger partial charge >= 0.3 is 0 Å². The van der Waals surface area contributed by atoms with Crippen LogP contribution >= 0.6 is 0 Å². The number of aromatic nitrogens is 3. The Balaban J connectivity index is 1.42. The van der Waals surface area contributed by atoms with E-state index in [0.717, 1.165) is 28.1 Å². The summed E-state index contributed by atoms with van der Waals surface area (Å²) in [7, 11) is 1.83. The van der Waals surface area contributed by atoms with Crippen LogP contribution in [-0.4, -0.2) is 32.1 Å². The monoisotopic (exact) mass is 384 g/mol. The summed E-state index contributed by atoms with van der Waals surface area (Å²) in [5.74, 6) is 0.836. The minimum absolute atomic E-state index is 0.0257. The summed E-state index contributed by atoms with van der Waals surface area (Å²) >= 11 is 0. The third-order valence-electron chi connectivity index (χ3n) is 5.42. The lowest BCUT2D eigenvalue weighted by molar-refractivity contribution is 0.0719. The van der Waals surface area contributed by atoms with Gasteiger partial charge in [-0.25, -0.2) is 4.98 Å². The number of carbonyl (C=O) groups excluding carboxylic acids is 1. The lowest BCUT2D eigenvalue weighted by Gasteiger charge is -2.26. The van der Waals surface area contributed by atoms with Crippen molar-refractivity contribution < 1.29 is 9.32 Å². The quantitative estimate of drug-likeness (QED) is 0.537. The Morgan fingerprint density at radius 3 is 2.45 bits per heavy atom. The number of rotatable bonds is 3. The molecule has 0 saturated carbocycles. The Kier molecular flexibility index (Phi) is 4.24. The highest BCUT2D eigenvalue weighted by atomic mass is 16.5. The summed E-state index contributed by atoms with van der Waals surface area (Å²) in [6.07, 6.45) is 3.91. The average molecular weight is 384 g/mol. The van der Waals surface area contributed by atoms with Gasteiger partial charge in [-0.3, -0.25) is 4.79 Å². The van der Waals surface area contributed by atoms with Crippen LogP contribution in [0.2, 0.25) is 0 Å². The van der Waals surface area contributed by atoms with Crippen molar-refractivity contribution in [1.82, 2.24) is 19.6 Å². The van der Waals surface area contributed by atoms with Gasteiger partial charge in [0.2, 0.25) is 0 Å². The van der Waals surface area contributed by atoms with E-state index in [9.17, 15) is 4.79 Å². The number of amides is 1. The van der Waals surface area contributed by atoms with Crippen molar-refractivity contribution in [3.05, 3.63) is 84.1 Å². The molecular weight excluding hydrogens is 364 g/mol. The first-order valence-corrected chi connectivity index (χ1v) is 9.59. The van der Waals surface area contributed by atoms with Gasteiger partial charge in [0.25, 0.3) is 5.91 Å². The largest absolute Gasteiger partial charge is 0.360 e. The zero-order valence-corrected chi connectivity index (χ0v) is 16.1. The van der Waals surface area contributed by atoms with Crippen molar-refractivity contribution in [3.63, 3.8) is 0 Å². The maximum absolute atomic E-state index is 12.9. The lowest BCUT2D eigenvalue weighted by atomic mass is 9.98. The van der Waals surface area contributed by atoms with Crippen molar-refractivity contribution in [2.24, 2.45) is 7.05 Å². The molecule has 1 aliphatic heterocycles. The second kappa shape index (κ2) is 7.05. The predicted octanol–water partition coefficient (Wildman–Crippen LogP) is 3.94. The van der Waals surface area contributed by atoms with E-state index in [1.165, 1.54) is 5.56 Å².